The Hall–Kier alpha value is -3.68. The number of ketones is 1. The van der Waals surface area contributed by atoms with Gasteiger partial charge in [0.2, 0.25) is 0 Å². The Morgan fingerprint density at radius 3 is 2.00 bits per heavy atom. The molecular formula is C23H25N3O5. The van der Waals surface area contributed by atoms with Crippen molar-refractivity contribution >= 4 is 29.4 Å². The van der Waals surface area contributed by atoms with Gasteiger partial charge in [0.1, 0.15) is 0 Å². The van der Waals surface area contributed by atoms with E-state index in [0.29, 0.717) is 37.4 Å². The maximum atomic E-state index is 12.3. The van der Waals surface area contributed by atoms with E-state index in [2.05, 4.69) is 5.32 Å². The second kappa shape index (κ2) is 10.9. The fraction of sp³-hybridized carbons (Fsp3) is 0.304. The molecule has 0 radical (unpaired) electrons. The van der Waals surface area contributed by atoms with E-state index < -0.39 is 5.97 Å². The first-order chi connectivity index (χ1) is 15.0. The van der Waals surface area contributed by atoms with E-state index in [-0.39, 0.29) is 37.2 Å². The molecule has 1 N–H and O–H groups in total. The zero-order valence-corrected chi connectivity index (χ0v) is 17.2. The van der Waals surface area contributed by atoms with Crippen molar-refractivity contribution in [3.05, 3.63) is 66.2 Å². The molecule has 0 atom stereocenters. The van der Waals surface area contributed by atoms with Crippen molar-refractivity contribution < 1.29 is 23.9 Å². The number of benzene rings is 2. The van der Waals surface area contributed by atoms with Gasteiger partial charge in [-0.05, 0) is 12.1 Å². The fourth-order valence-electron chi connectivity index (χ4n) is 3.17. The summed E-state index contributed by atoms with van der Waals surface area (Å²) in [7, 11) is 0. The normalized spacial score (nSPS) is 13.4. The molecule has 8 heteroatoms. The van der Waals surface area contributed by atoms with Crippen LogP contribution in [0.5, 0.6) is 0 Å². The lowest BCUT2D eigenvalue weighted by Gasteiger charge is -2.34. The molecule has 0 bridgehead atoms. The van der Waals surface area contributed by atoms with E-state index in [4.69, 9.17) is 4.74 Å². The number of piperazine rings is 1. The van der Waals surface area contributed by atoms with E-state index in [1.807, 2.05) is 24.3 Å². The molecule has 1 aliphatic heterocycles. The molecule has 0 spiro atoms. The van der Waals surface area contributed by atoms with Crippen molar-refractivity contribution in [2.24, 2.45) is 0 Å². The predicted molar refractivity (Wildman–Crippen MR) is 115 cm³/mol. The van der Waals surface area contributed by atoms with Gasteiger partial charge in [-0.15, -0.1) is 0 Å². The summed E-state index contributed by atoms with van der Waals surface area (Å²) in [4.78, 5) is 51.7. The quantitative estimate of drug-likeness (QED) is 0.545. The van der Waals surface area contributed by atoms with Crippen molar-refractivity contribution in [1.29, 1.82) is 0 Å². The number of urea groups is 1. The van der Waals surface area contributed by atoms with E-state index in [1.54, 1.807) is 46.2 Å². The average molecular weight is 423 g/mol. The lowest BCUT2D eigenvalue weighted by molar-refractivity contribution is -0.152. The number of nitrogens with one attached hydrogen (secondary N) is 1. The molecule has 8 nitrogen and oxygen atoms in total. The van der Waals surface area contributed by atoms with Crippen LogP contribution in [-0.4, -0.2) is 66.3 Å². The standard InChI is InChI=1S/C23H25N3O5/c27-20(18-7-3-1-4-8-18)11-12-22(29)31-17-21(28)25-13-15-26(16-14-25)23(30)24-19-9-5-2-6-10-19/h1-10H,11-17H2,(H,24,30). The minimum atomic E-state index is -0.585. The number of carbonyl (C=O) groups is 4. The monoisotopic (exact) mass is 423 g/mol. The maximum Gasteiger partial charge on any atom is 0.321 e. The van der Waals surface area contributed by atoms with Gasteiger partial charge >= 0.3 is 12.0 Å². The summed E-state index contributed by atoms with van der Waals surface area (Å²) < 4.78 is 5.02. The van der Waals surface area contributed by atoms with Crippen molar-refractivity contribution in [3.63, 3.8) is 0 Å². The lowest BCUT2D eigenvalue weighted by atomic mass is 10.1. The zero-order chi connectivity index (χ0) is 22.1. The largest absolute Gasteiger partial charge is 0.456 e. The Bertz CT molecular complexity index is 909. The van der Waals surface area contributed by atoms with Gasteiger partial charge in [0.15, 0.2) is 12.4 Å². The van der Waals surface area contributed by atoms with Crippen LogP contribution in [0.4, 0.5) is 10.5 Å². The van der Waals surface area contributed by atoms with Gasteiger partial charge in [0.25, 0.3) is 5.91 Å². The van der Waals surface area contributed by atoms with Gasteiger partial charge < -0.3 is 19.9 Å². The van der Waals surface area contributed by atoms with Gasteiger partial charge in [-0.3, -0.25) is 14.4 Å². The third kappa shape index (κ3) is 6.67. The Balaban J connectivity index is 1.34. The third-order valence-corrected chi connectivity index (χ3v) is 4.95. The highest BCUT2D eigenvalue weighted by Crippen LogP contribution is 2.10. The van der Waals surface area contributed by atoms with Crippen LogP contribution in [0.15, 0.2) is 60.7 Å². The van der Waals surface area contributed by atoms with Crippen molar-refractivity contribution in [3.8, 4) is 0 Å². The number of anilines is 1. The first-order valence-corrected chi connectivity index (χ1v) is 10.2. The van der Waals surface area contributed by atoms with Gasteiger partial charge in [0, 0.05) is 43.9 Å². The van der Waals surface area contributed by atoms with Crippen LogP contribution in [0.2, 0.25) is 0 Å². The van der Waals surface area contributed by atoms with Gasteiger partial charge in [-0.1, -0.05) is 48.5 Å². The van der Waals surface area contributed by atoms with Crippen LogP contribution in [0.25, 0.3) is 0 Å². The number of hydrogen-bond acceptors (Lipinski definition) is 5. The number of nitrogens with zero attached hydrogens (tertiary/aromatic N) is 2. The van der Waals surface area contributed by atoms with Crippen LogP contribution in [0, 0.1) is 0 Å². The summed E-state index contributed by atoms with van der Waals surface area (Å²) in [6, 6.07) is 17.7. The molecule has 1 heterocycles. The number of ether oxygens (including phenoxy) is 1. The molecule has 1 fully saturated rings. The smallest absolute Gasteiger partial charge is 0.321 e. The molecular weight excluding hydrogens is 398 g/mol. The van der Waals surface area contributed by atoms with E-state index in [9.17, 15) is 19.2 Å². The number of carbonyl (C=O) groups excluding carboxylic acids is 4. The van der Waals surface area contributed by atoms with Gasteiger partial charge in [0.05, 0.1) is 6.42 Å². The first kappa shape index (κ1) is 22.0. The van der Waals surface area contributed by atoms with Gasteiger partial charge in [-0.2, -0.15) is 0 Å². The lowest BCUT2D eigenvalue weighted by Crippen LogP contribution is -2.52. The molecule has 0 unspecified atom stereocenters. The molecule has 0 aromatic heterocycles. The number of hydrogen-bond donors (Lipinski definition) is 1. The Morgan fingerprint density at radius 2 is 1.35 bits per heavy atom. The molecule has 2 aromatic carbocycles. The molecule has 1 saturated heterocycles. The molecule has 0 saturated carbocycles. The van der Waals surface area contributed by atoms with Crippen molar-refractivity contribution in [2.75, 3.05) is 38.1 Å². The number of esters is 1. The third-order valence-electron chi connectivity index (χ3n) is 4.95. The molecule has 2 aromatic rings. The molecule has 3 amide bonds. The minimum absolute atomic E-state index is 0.0340. The summed E-state index contributed by atoms with van der Waals surface area (Å²) in [6.07, 6.45) is -0.0410. The van der Waals surface area contributed by atoms with E-state index >= 15 is 0 Å². The summed E-state index contributed by atoms with van der Waals surface area (Å²) >= 11 is 0. The number of amides is 3. The van der Waals surface area contributed by atoms with Crippen LogP contribution in [0.3, 0.4) is 0 Å². The molecule has 0 aliphatic carbocycles. The molecule has 31 heavy (non-hydrogen) atoms. The second-order valence-electron chi connectivity index (χ2n) is 7.11. The summed E-state index contributed by atoms with van der Waals surface area (Å²) in [6.45, 7) is 1.15. The molecule has 3 rings (SSSR count). The van der Waals surface area contributed by atoms with Crippen LogP contribution in [0.1, 0.15) is 23.2 Å². The Kier molecular flexibility index (Phi) is 7.75. The van der Waals surface area contributed by atoms with Crippen LogP contribution < -0.4 is 5.32 Å². The Morgan fingerprint density at radius 1 is 0.774 bits per heavy atom. The topological polar surface area (TPSA) is 96.0 Å². The van der Waals surface area contributed by atoms with E-state index in [1.165, 1.54) is 0 Å². The second-order valence-corrected chi connectivity index (χ2v) is 7.11. The Labute approximate surface area is 180 Å². The van der Waals surface area contributed by atoms with Gasteiger partial charge in [-0.25, -0.2) is 4.79 Å². The first-order valence-electron chi connectivity index (χ1n) is 10.2. The zero-order valence-electron chi connectivity index (χ0n) is 17.2. The predicted octanol–water partition coefficient (Wildman–Crippen LogP) is 2.57. The number of rotatable bonds is 7. The van der Waals surface area contributed by atoms with Crippen LogP contribution in [-0.2, 0) is 14.3 Å². The highest BCUT2D eigenvalue weighted by atomic mass is 16.5. The summed E-state index contributed by atoms with van der Waals surface area (Å²) in [5.74, 6) is -1.04. The van der Waals surface area contributed by atoms with E-state index in [0.717, 1.165) is 0 Å². The summed E-state index contributed by atoms with van der Waals surface area (Å²) in [5, 5.41) is 2.82. The number of Topliss-reactive ketones (excluding diaryl/α,β-unsaturated/α-hetero) is 1. The van der Waals surface area contributed by atoms with Crippen LogP contribution >= 0.6 is 0 Å². The van der Waals surface area contributed by atoms with Crippen molar-refractivity contribution in [2.45, 2.75) is 12.8 Å². The average Bonchev–Trinajstić information content (AvgIpc) is 2.82. The number of para-hydroxylation sites is 1. The summed E-state index contributed by atoms with van der Waals surface area (Å²) in [5.41, 5.74) is 1.25. The SMILES string of the molecule is O=C(CCC(=O)c1ccccc1)OCC(=O)N1CCN(C(=O)Nc2ccccc2)CC1. The molecule has 162 valence electrons. The fourth-order valence-corrected chi connectivity index (χ4v) is 3.17. The molecule has 1 aliphatic rings. The highest BCUT2D eigenvalue weighted by Gasteiger charge is 2.25. The minimum Gasteiger partial charge on any atom is -0.456 e. The van der Waals surface area contributed by atoms with Crippen molar-refractivity contribution in [1.82, 2.24) is 9.80 Å². The highest BCUT2D eigenvalue weighted by molar-refractivity contribution is 5.97. The maximum absolute atomic E-state index is 12.3.